The lowest BCUT2D eigenvalue weighted by Crippen LogP contribution is -2.31. The SMILES string of the molecule is CCOc1ccc(-c2n[nH]c(=S)n2CCC(=O)N(CC)c2ccc(F)cc2)cc1. The molecule has 3 aromatic rings. The molecule has 0 bridgehead atoms. The first-order valence-electron chi connectivity index (χ1n) is 9.47. The Kier molecular flexibility index (Phi) is 6.77. The number of aromatic nitrogens is 3. The van der Waals surface area contributed by atoms with E-state index in [9.17, 15) is 9.18 Å². The molecule has 0 aliphatic heterocycles. The first-order chi connectivity index (χ1) is 14.0. The van der Waals surface area contributed by atoms with Crippen LogP contribution in [0.4, 0.5) is 10.1 Å². The van der Waals surface area contributed by atoms with Gasteiger partial charge < -0.3 is 9.64 Å². The summed E-state index contributed by atoms with van der Waals surface area (Å²) < 4.78 is 20.9. The largest absolute Gasteiger partial charge is 0.494 e. The molecule has 1 N–H and O–H groups in total. The number of carbonyl (C=O) groups excluding carboxylic acids is 1. The Hall–Kier alpha value is -3.00. The van der Waals surface area contributed by atoms with E-state index in [1.165, 1.54) is 12.1 Å². The number of amides is 1. The van der Waals surface area contributed by atoms with Crippen molar-refractivity contribution in [3.8, 4) is 17.1 Å². The van der Waals surface area contributed by atoms with Crippen molar-refractivity contribution in [3.63, 3.8) is 0 Å². The van der Waals surface area contributed by atoms with E-state index in [4.69, 9.17) is 17.0 Å². The molecule has 1 aromatic heterocycles. The molecule has 29 heavy (non-hydrogen) atoms. The van der Waals surface area contributed by atoms with Crippen LogP contribution in [0.15, 0.2) is 48.5 Å². The van der Waals surface area contributed by atoms with Crippen molar-refractivity contribution in [2.45, 2.75) is 26.8 Å². The molecular formula is C21H23FN4O2S. The molecule has 0 unspecified atom stereocenters. The number of hydrogen-bond donors (Lipinski definition) is 1. The van der Waals surface area contributed by atoms with Crippen LogP contribution in [0.3, 0.4) is 0 Å². The zero-order valence-electron chi connectivity index (χ0n) is 16.4. The van der Waals surface area contributed by atoms with Gasteiger partial charge in [0.15, 0.2) is 10.6 Å². The normalized spacial score (nSPS) is 10.7. The number of benzene rings is 2. The molecule has 152 valence electrons. The molecule has 0 saturated carbocycles. The molecule has 0 aliphatic carbocycles. The van der Waals surface area contributed by atoms with Crippen LogP contribution in [0.1, 0.15) is 20.3 Å². The van der Waals surface area contributed by atoms with Gasteiger partial charge in [0.1, 0.15) is 11.6 Å². The standard InChI is InChI=1S/C21H23FN4O2S/c1-3-25(17-9-7-16(22)8-10-17)19(27)13-14-26-20(23-24-21(26)29)15-5-11-18(12-6-15)28-4-2/h5-12H,3-4,13-14H2,1-2H3,(H,24,29). The third-order valence-corrected chi connectivity index (χ3v) is 4.80. The molecule has 1 amide bonds. The maximum Gasteiger partial charge on any atom is 0.228 e. The smallest absolute Gasteiger partial charge is 0.228 e. The fraction of sp³-hybridized carbons (Fsp3) is 0.286. The van der Waals surface area contributed by atoms with E-state index < -0.39 is 0 Å². The highest BCUT2D eigenvalue weighted by Crippen LogP contribution is 2.22. The van der Waals surface area contributed by atoms with E-state index >= 15 is 0 Å². The molecule has 0 fully saturated rings. The number of nitrogens with one attached hydrogen (secondary N) is 1. The van der Waals surface area contributed by atoms with Crippen LogP contribution in [0, 0.1) is 10.6 Å². The molecule has 1 heterocycles. The van der Waals surface area contributed by atoms with Crippen LogP contribution in [-0.2, 0) is 11.3 Å². The highest BCUT2D eigenvalue weighted by molar-refractivity contribution is 7.71. The molecule has 0 aliphatic rings. The van der Waals surface area contributed by atoms with Gasteiger partial charge in [-0.2, -0.15) is 5.10 Å². The average molecular weight is 415 g/mol. The summed E-state index contributed by atoms with van der Waals surface area (Å²) in [7, 11) is 0. The molecule has 8 heteroatoms. The average Bonchev–Trinajstić information content (AvgIpc) is 3.09. The second kappa shape index (κ2) is 9.47. The summed E-state index contributed by atoms with van der Waals surface area (Å²) in [5.41, 5.74) is 1.54. The van der Waals surface area contributed by atoms with Gasteiger partial charge in [0.25, 0.3) is 0 Å². The third-order valence-electron chi connectivity index (χ3n) is 4.49. The summed E-state index contributed by atoms with van der Waals surface area (Å²) in [5.74, 6) is 1.04. The summed E-state index contributed by atoms with van der Waals surface area (Å²) in [6.45, 7) is 5.29. The van der Waals surface area contributed by atoms with Gasteiger partial charge in [-0.25, -0.2) is 4.39 Å². The van der Waals surface area contributed by atoms with Crippen LogP contribution in [0.25, 0.3) is 11.4 Å². The van der Waals surface area contributed by atoms with Gasteiger partial charge in [-0.1, -0.05) is 0 Å². The molecule has 0 radical (unpaired) electrons. The Morgan fingerprint density at radius 1 is 1.17 bits per heavy atom. The van der Waals surface area contributed by atoms with Crippen molar-refractivity contribution in [2.75, 3.05) is 18.1 Å². The van der Waals surface area contributed by atoms with E-state index in [1.54, 1.807) is 21.6 Å². The first kappa shape index (κ1) is 20.7. The second-order valence-corrected chi connectivity index (χ2v) is 6.71. The Labute approximate surface area is 173 Å². The number of ether oxygens (including phenoxy) is 1. The number of H-pyrrole nitrogens is 1. The maximum absolute atomic E-state index is 13.2. The highest BCUT2D eigenvalue weighted by atomic mass is 32.1. The number of aromatic amines is 1. The monoisotopic (exact) mass is 414 g/mol. The molecular weight excluding hydrogens is 391 g/mol. The predicted molar refractivity (Wildman–Crippen MR) is 113 cm³/mol. The Morgan fingerprint density at radius 2 is 1.86 bits per heavy atom. The summed E-state index contributed by atoms with van der Waals surface area (Å²) in [4.78, 5) is 14.4. The number of halogens is 1. The Morgan fingerprint density at radius 3 is 2.48 bits per heavy atom. The molecule has 0 atom stereocenters. The number of carbonyl (C=O) groups is 1. The maximum atomic E-state index is 13.2. The van der Waals surface area contributed by atoms with Crippen LogP contribution in [0.5, 0.6) is 5.75 Å². The van der Waals surface area contributed by atoms with Gasteiger partial charge in [-0.3, -0.25) is 14.5 Å². The van der Waals surface area contributed by atoms with Gasteiger partial charge in [0, 0.05) is 30.8 Å². The quantitative estimate of drug-likeness (QED) is 0.548. The van der Waals surface area contributed by atoms with Gasteiger partial charge in [-0.15, -0.1) is 0 Å². The fourth-order valence-electron chi connectivity index (χ4n) is 3.08. The van der Waals surface area contributed by atoms with Crippen LogP contribution >= 0.6 is 12.2 Å². The minimum absolute atomic E-state index is 0.0696. The lowest BCUT2D eigenvalue weighted by Gasteiger charge is -2.21. The minimum atomic E-state index is -0.332. The Balaban J connectivity index is 1.75. The number of anilines is 1. The van der Waals surface area contributed by atoms with Crippen molar-refractivity contribution in [1.29, 1.82) is 0 Å². The van der Waals surface area contributed by atoms with Crippen molar-refractivity contribution in [1.82, 2.24) is 14.8 Å². The summed E-state index contributed by atoms with van der Waals surface area (Å²) in [5, 5.41) is 7.11. The predicted octanol–water partition coefficient (Wildman–Crippen LogP) is 4.59. The lowest BCUT2D eigenvalue weighted by atomic mass is 10.2. The van der Waals surface area contributed by atoms with Crippen molar-refractivity contribution < 1.29 is 13.9 Å². The van der Waals surface area contributed by atoms with Gasteiger partial charge in [0.2, 0.25) is 5.91 Å². The minimum Gasteiger partial charge on any atom is -0.494 e. The van der Waals surface area contributed by atoms with Gasteiger partial charge in [-0.05, 0) is 74.6 Å². The van der Waals surface area contributed by atoms with Gasteiger partial charge >= 0.3 is 0 Å². The number of nitrogens with zero attached hydrogens (tertiary/aromatic N) is 3. The molecule has 0 spiro atoms. The van der Waals surface area contributed by atoms with E-state index in [2.05, 4.69) is 10.2 Å². The Bertz CT molecular complexity index is 1010. The van der Waals surface area contributed by atoms with E-state index in [0.717, 1.165) is 11.3 Å². The van der Waals surface area contributed by atoms with E-state index in [1.807, 2.05) is 38.1 Å². The zero-order chi connectivity index (χ0) is 20.8. The lowest BCUT2D eigenvalue weighted by molar-refractivity contribution is -0.118. The molecule has 2 aromatic carbocycles. The molecule has 3 rings (SSSR count). The van der Waals surface area contributed by atoms with Crippen LogP contribution in [-0.4, -0.2) is 33.8 Å². The van der Waals surface area contributed by atoms with Crippen molar-refractivity contribution in [2.24, 2.45) is 0 Å². The zero-order valence-corrected chi connectivity index (χ0v) is 17.2. The summed E-state index contributed by atoms with van der Waals surface area (Å²) in [6, 6.07) is 13.5. The van der Waals surface area contributed by atoms with E-state index in [0.29, 0.717) is 36.0 Å². The van der Waals surface area contributed by atoms with Gasteiger partial charge in [0.05, 0.1) is 6.61 Å². The van der Waals surface area contributed by atoms with Crippen LogP contribution < -0.4 is 9.64 Å². The molecule has 6 nitrogen and oxygen atoms in total. The van der Waals surface area contributed by atoms with Crippen molar-refractivity contribution in [3.05, 3.63) is 59.1 Å². The number of hydrogen-bond acceptors (Lipinski definition) is 4. The van der Waals surface area contributed by atoms with Crippen molar-refractivity contribution >= 4 is 23.8 Å². The second-order valence-electron chi connectivity index (χ2n) is 6.33. The summed E-state index contributed by atoms with van der Waals surface area (Å²) >= 11 is 5.35. The topological polar surface area (TPSA) is 63.1 Å². The first-order valence-corrected chi connectivity index (χ1v) is 9.88. The number of rotatable bonds is 8. The summed E-state index contributed by atoms with van der Waals surface area (Å²) in [6.07, 6.45) is 0.239. The highest BCUT2D eigenvalue weighted by Gasteiger charge is 2.16. The third kappa shape index (κ3) is 4.89. The fourth-order valence-corrected chi connectivity index (χ4v) is 3.30. The van der Waals surface area contributed by atoms with E-state index in [-0.39, 0.29) is 18.1 Å². The molecule has 0 saturated heterocycles. The van der Waals surface area contributed by atoms with Crippen LogP contribution in [0.2, 0.25) is 0 Å².